The van der Waals surface area contributed by atoms with Crippen LogP contribution in [0.5, 0.6) is 0 Å². The van der Waals surface area contributed by atoms with Crippen LogP contribution in [0.1, 0.15) is 19.4 Å². The molecule has 0 spiro atoms. The molecular weight excluding hydrogens is 312 g/mol. The molecule has 3 rings (SSSR count). The number of aromatic nitrogens is 2. The third kappa shape index (κ3) is 2.77. The van der Waals surface area contributed by atoms with Gasteiger partial charge in [0.2, 0.25) is 0 Å². The van der Waals surface area contributed by atoms with Crippen molar-refractivity contribution in [1.82, 2.24) is 9.55 Å². The standard InChI is InChI=1S/C17H16N2O3S/c1-3-13(17(21)22-2)19-10-18-15-12(16(19)20)9-14(23-15)11-7-5-4-6-8-11/h4-10,13H,3H2,1-2H3. The largest absolute Gasteiger partial charge is 0.467 e. The van der Waals surface area contributed by atoms with E-state index in [1.807, 2.05) is 43.3 Å². The molecular formula is C17H16N2O3S. The Bertz CT molecular complexity index is 899. The summed E-state index contributed by atoms with van der Waals surface area (Å²) in [4.78, 5) is 30.6. The molecule has 2 heterocycles. The predicted molar refractivity (Wildman–Crippen MR) is 90.7 cm³/mol. The number of rotatable bonds is 4. The Morgan fingerprint density at radius 2 is 2.09 bits per heavy atom. The second-order valence-electron chi connectivity index (χ2n) is 5.10. The number of thiophene rings is 1. The van der Waals surface area contributed by atoms with Crippen LogP contribution in [0.15, 0.2) is 47.5 Å². The summed E-state index contributed by atoms with van der Waals surface area (Å²) >= 11 is 1.47. The number of hydrogen-bond acceptors (Lipinski definition) is 5. The Morgan fingerprint density at radius 3 is 2.74 bits per heavy atom. The van der Waals surface area contributed by atoms with Crippen LogP contribution in [0.4, 0.5) is 0 Å². The van der Waals surface area contributed by atoms with Gasteiger partial charge < -0.3 is 4.74 Å². The first kappa shape index (κ1) is 15.4. The lowest BCUT2D eigenvalue weighted by atomic mass is 10.2. The first-order valence-electron chi connectivity index (χ1n) is 7.29. The van der Waals surface area contributed by atoms with E-state index in [1.54, 1.807) is 0 Å². The van der Waals surface area contributed by atoms with Crippen molar-refractivity contribution in [3.63, 3.8) is 0 Å². The predicted octanol–water partition coefficient (Wildman–Crippen LogP) is 3.25. The first-order valence-corrected chi connectivity index (χ1v) is 8.11. The normalized spacial score (nSPS) is 12.3. The lowest BCUT2D eigenvalue weighted by Crippen LogP contribution is -2.30. The summed E-state index contributed by atoms with van der Waals surface area (Å²) in [5, 5.41) is 0.527. The van der Waals surface area contributed by atoms with E-state index in [9.17, 15) is 9.59 Å². The van der Waals surface area contributed by atoms with E-state index >= 15 is 0 Å². The highest BCUT2D eigenvalue weighted by molar-refractivity contribution is 7.21. The second-order valence-corrected chi connectivity index (χ2v) is 6.13. The van der Waals surface area contributed by atoms with Crippen LogP contribution in [0.25, 0.3) is 20.7 Å². The van der Waals surface area contributed by atoms with Gasteiger partial charge in [-0.3, -0.25) is 9.36 Å². The van der Waals surface area contributed by atoms with Crippen molar-refractivity contribution in [3.8, 4) is 10.4 Å². The maximum absolute atomic E-state index is 12.7. The summed E-state index contributed by atoms with van der Waals surface area (Å²) in [6, 6.07) is 11.0. The molecule has 0 aliphatic rings. The number of methoxy groups -OCH3 is 1. The van der Waals surface area contributed by atoms with Crippen LogP contribution >= 0.6 is 11.3 Å². The minimum absolute atomic E-state index is 0.217. The molecule has 0 amide bonds. The van der Waals surface area contributed by atoms with Crippen molar-refractivity contribution in [2.24, 2.45) is 0 Å². The van der Waals surface area contributed by atoms with Gasteiger partial charge in [0.05, 0.1) is 18.8 Å². The maximum atomic E-state index is 12.7. The molecule has 0 aliphatic carbocycles. The highest BCUT2D eigenvalue weighted by atomic mass is 32.1. The van der Waals surface area contributed by atoms with Crippen molar-refractivity contribution in [1.29, 1.82) is 0 Å². The molecule has 0 fully saturated rings. The Morgan fingerprint density at radius 1 is 1.35 bits per heavy atom. The van der Waals surface area contributed by atoms with Crippen LogP contribution in [-0.2, 0) is 9.53 Å². The molecule has 0 saturated carbocycles. The van der Waals surface area contributed by atoms with Gasteiger partial charge in [-0.15, -0.1) is 11.3 Å². The van der Waals surface area contributed by atoms with Gasteiger partial charge in [-0.1, -0.05) is 37.3 Å². The van der Waals surface area contributed by atoms with Crippen molar-refractivity contribution < 1.29 is 9.53 Å². The van der Waals surface area contributed by atoms with E-state index in [0.29, 0.717) is 16.6 Å². The number of nitrogens with zero attached hydrogens (tertiary/aromatic N) is 2. The zero-order valence-electron chi connectivity index (χ0n) is 12.9. The summed E-state index contributed by atoms with van der Waals surface area (Å²) in [7, 11) is 1.32. The Hall–Kier alpha value is -2.47. The molecule has 0 N–H and O–H groups in total. The molecule has 23 heavy (non-hydrogen) atoms. The van der Waals surface area contributed by atoms with Gasteiger partial charge in [0, 0.05) is 4.88 Å². The molecule has 1 atom stereocenters. The number of ether oxygens (including phenoxy) is 1. The molecule has 1 unspecified atom stereocenters. The third-order valence-corrected chi connectivity index (χ3v) is 4.82. The van der Waals surface area contributed by atoms with E-state index in [4.69, 9.17) is 4.74 Å². The second kappa shape index (κ2) is 6.34. The van der Waals surface area contributed by atoms with E-state index in [2.05, 4.69) is 4.98 Å². The molecule has 0 radical (unpaired) electrons. The molecule has 1 aromatic carbocycles. The van der Waals surface area contributed by atoms with E-state index in [-0.39, 0.29) is 5.56 Å². The van der Waals surface area contributed by atoms with Gasteiger partial charge in [-0.2, -0.15) is 0 Å². The fourth-order valence-electron chi connectivity index (χ4n) is 2.52. The average molecular weight is 328 g/mol. The highest BCUT2D eigenvalue weighted by Gasteiger charge is 2.22. The van der Waals surface area contributed by atoms with Gasteiger partial charge in [0.25, 0.3) is 5.56 Å². The third-order valence-electron chi connectivity index (χ3n) is 3.73. The average Bonchev–Trinajstić information content (AvgIpc) is 3.03. The van der Waals surface area contributed by atoms with Crippen LogP contribution in [0, 0.1) is 0 Å². The summed E-state index contributed by atoms with van der Waals surface area (Å²) in [6.45, 7) is 1.83. The minimum Gasteiger partial charge on any atom is -0.467 e. The van der Waals surface area contributed by atoms with Gasteiger partial charge in [0.1, 0.15) is 10.9 Å². The summed E-state index contributed by atoms with van der Waals surface area (Å²) in [6.07, 6.45) is 1.90. The van der Waals surface area contributed by atoms with Crippen LogP contribution in [-0.4, -0.2) is 22.6 Å². The maximum Gasteiger partial charge on any atom is 0.329 e. The molecule has 5 nitrogen and oxygen atoms in total. The van der Waals surface area contributed by atoms with Gasteiger partial charge in [0.15, 0.2) is 0 Å². The first-order chi connectivity index (χ1) is 11.2. The molecule has 118 valence electrons. The number of benzene rings is 1. The SMILES string of the molecule is CCC(C(=O)OC)n1cnc2sc(-c3ccccc3)cc2c1=O. The molecule has 0 bridgehead atoms. The van der Waals surface area contributed by atoms with Gasteiger partial charge in [-0.25, -0.2) is 9.78 Å². The Labute approximate surface area is 137 Å². The molecule has 6 heteroatoms. The van der Waals surface area contributed by atoms with E-state index in [1.165, 1.54) is 29.3 Å². The summed E-state index contributed by atoms with van der Waals surface area (Å²) < 4.78 is 6.13. The molecule has 0 saturated heterocycles. The fourth-order valence-corrected chi connectivity index (χ4v) is 3.51. The van der Waals surface area contributed by atoms with Crippen molar-refractivity contribution in [2.75, 3.05) is 7.11 Å². The zero-order valence-corrected chi connectivity index (χ0v) is 13.7. The number of carbonyl (C=O) groups excluding carboxylic acids is 1. The number of hydrogen-bond donors (Lipinski definition) is 0. The monoisotopic (exact) mass is 328 g/mol. The van der Waals surface area contributed by atoms with Gasteiger partial charge >= 0.3 is 5.97 Å². The zero-order chi connectivity index (χ0) is 16.4. The molecule has 0 aliphatic heterocycles. The highest BCUT2D eigenvalue weighted by Crippen LogP contribution is 2.30. The van der Waals surface area contributed by atoms with E-state index in [0.717, 1.165) is 10.4 Å². The molecule has 3 aromatic rings. The summed E-state index contributed by atoms with van der Waals surface area (Å²) in [5.41, 5.74) is 0.826. The van der Waals surface area contributed by atoms with Gasteiger partial charge in [-0.05, 0) is 18.1 Å². The fraction of sp³-hybridized carbons (Fsp3) is 0.235. The van der Waals surface area contributed by atoms with Crippen molar-refractivity contribution in [3.05, 3.63) is 53.1 Å². The topological polar surface area (TPSA) is 61.2 Å². The van der Waals surface area contributed by atoms with Crippen LogP contribution < -0.4 is 5.56 Å². The van der Waals surface area contributed by atoms with E-state index < -0.39 is 12.0 Å². The Kier molecular flexibility index (Phi) is 4.25. The number of carbonyl (C=O) groups is 1. The number of fused-ring (bicyclic) bond motifs is 1. The smallest absolute Gasteiger partial charge is 0.329 e. The van der Waals surface area contributed by atoms with Crippen molar-refractivity contribution in [2.45, 2.75) is 19.4 Å². The lowest BCUT2D eigenvalue weighted by molar-refractivity contribution is -0.144. The lowest BCUT2D eigenvalue weighted by Gasteiger charge is -2.14. The quantitative estimate of drug-likeness (QED) is 0.690. The number of esters is 1. The van der Waals surface area contributed by atoms with Crippen LogP contribution in [0.3, 0.4) is 0 Å². The molecule has 2 aromatic heterocycles. The van der Waals surface area contributed by atoms with Crippen LogP contribution in [0.2, 0.25) is 0 Å². The Balaban J connectivity index is 2.13. The minimum atomic E-state index is -0.649. The summed E-state index contributed by atoms with van der Waals surface area (Å²) in [5.74, 6) is -0.436. The van der Waals surface area contributed by atoms with Crippen molar-refractivity contribution >= 4 is 27.5 Å².